The lowest BCUT2D eigenvalue weighted by Gasteiger charge is -2.08. The van der Waals surface area contributed by atoms with Crippen LogP contribution < -0.4 is 10.3 Å². The Morgan fingerprint density at radius 3 is 2.90 bits per heavy atom. The van der Waals surface area contributed by atoms with Crippen LogP contribution in [0.4, 0.5) is 4.39 Å². The van der Waals surface area contributed by atoms with Crippen LogP contribution in [-0.2, 0) is 6.61 Å². The summed E-state index contributed by atoms with van der Waals surface area (Å²) in [4.78, 5) is 18.9. The number of halogens is 2. The fraction of sp³-hybridized carbons (Fsp3) is 0.0667. The zero-order valence-corrected chi connectivity index (χ0v) is 12.4. The molecular formula is C15H10BrFN2O2. The fourth-order valence-corrected chi connectivity index (χ4v) is 2.30. The lowest BCUT2D eigenvalue weighted by molar-refractivity contribution is 0.292. The molecule has 0 bridgehead atoms. The van der Waals surface area contributed by atoms with E-state index in [1.54, 1.807) is 24.3 Å². The quantitative estimate of drug-likeness (QED) is 0.789. The highest BCUT2D eigenvalue weighted by Crippen LogP contribution is 2.26. The van der Waals surface area contributed by atoms with Crippen molar-refractivity contribution in [2.75, 3.05) is 0 Å². The molecule has 3 rings (SSSR count). The van der Waals surface area contributed by atoms with Crippen LogP contribution in [-0.4, -0.2) is 9.97 Å². The number of para-hydroxylation sites is 1. The molecule has 0 unspecified atom stereocenters. The van der Waals surface area contributed by atoms with Crippen LogP contribution in [0, 0.1) is 5.82 Å². The molecule has 0 saturated carbocycles. The third-order valence-corrected chi connectivity index (χ3v) is 3.57. The molecule has 0 atom stereocenters. The molecule has 2 aromatic carbocycles. The van der Waals surface area contributed by atoms with Gasteiger partial charge in [0, 0.05) is 6.07 Å². The number of nitrogens with one attached hydrogen (secondary N) is 1. The minimum absolute atomic E-state index is 0.0438. The van der Waals surface area contributed by atoms with E-state index >= 15 is 0 Å². The summed E-state index contributed by atoms with van der Waals surface area (Å²) in [6.07, 6.45) is 0. The van der Waals surface area contributed by atoms with Crippen molar-refractivity contribution in [1.82, 2.24) is 9.97 Å². The van der Waals surface area contributed by atoms with Crippen LogP contribution >= 0.6 is 15.9 Å². The van der Waals surface area contributed by atoms with Gasteiger partial charge < -0.3 is 9.72 Å². The van der Waals surface area contributed by atoms with E-state index in [0.717, 1.165) is 0 Å². The highest BCUT2D eigenvalue weighted by Gasteiger charge is 2.06. The lowest BCUT2D eigenvalue weighted by Crippen LogP contribution is -2.13. The zero-order chi connectivity index (χ0) is 14.8. The van der Waals surface area contributed by atoms with E-state index in [4.69, 9.17) is 4.74 Å². The Balaban J connectivity index is 1.88. The summed E-state index contributed by atoms with van der Waals surface area (Å²) in [5.74, 6) is 0.342. The Hall–Kier alpha value is -2.21. The molecule has 3 aromatic rings. The number of hydrogen-bond donors (Lipinski definition) is 1. The van der Waals surface area contributed by atoms with Gasteiger partial charge in [0.2, 0.25) is 0 Å². The molecule has 0 saturated heterocycles. The molecule has 1 N–H and O–H groups in total. The average Bonchev–Trinajstić information content (AvgIpc) is 2.48. The van der Waals surface area contributed by atoms with E-state index in [0.29, 0.717) is 26.9 Å². The third-order valence-electron chi connectivity index (χ3n) is 2.92. The maximum Gasteiger partial charge on any atom is 0.258 e. The number of ether oxygens (including phenoxy) is 1. The number of hydrogen-bond acceptors (Lipinski definition) is 3. The van der Waals surface area contributed by atoms with Crippen LogP contribution in [0.3, 0.4) is 0 Å². The third kappa shape index (κ3) is 2.95. The van der Waals surface area contributed by atoms with Crippen molar-refractivity contribution in [3.8, 4) is 5.75 Å². The first-order chi connectivity index (χ1) is 10.1. The van der Waals surface area contributed by atoms with Gasteiger partial charge in [0.15, 0.2) is 0 Å². The van der Waals surface area contributed by atoms with Crippen molar-refractivity contribution in [2.24, 2.45) is 0 Å². The number of aromatic nitrogens is 2. The van der Waals surface area contributed by atoms with Crippen molar-refractivity contribution in [3.05, 3.63) is 68.9 Å². The number of rotatable bonds is 3. The van der Waals surface area contributed by atoms with Gasteiger partial charge in [-0.25, -0.2) is 9.37 Å². The predicted molar refractivity (Wildman–Crippen MR) is 80.8 cm³/mol. The second kappa shape index (κ2) is 5.65. The van der Waals surface area contributed by atoms with Crippen LogP contribution in [0.2, 0.25) is 0 Å². The summed E-state index contributed by atoms with van der Waals surface area (Å²) < 4.78 is 19.3. The summed E-state index contributed by atoms with van der Waals surface area (Å²) >= 11 is 3.27. The summed E-state index contributed by atoms with van der Waals surface area (Å²) in [6, 6.07) is 11.2. The number of aromatic amines is 1. The van der Waals surface area contributed by atoms with Gasteiger partial charge in [-0.3, -0.25) is 4.79 Å². The standard InChI is InChI=1S/C15H10BrFN2O2/c16-11-6-5-9(17)7-13(11)21-8-14-18-12-4-2-1-3-10(12)15(20)19-14/h1-7H,8H2,(H,18,19,20). The van der Waals surface area contributed by atoms with Gasteiger partial charge in [0.25, 0.3) is 5.56 Å². The van der Waals surface area contributed by atoms with Crippen molar-refractivity contribution < 1.29 is 9.13 Å². The van der Waals surface area contributed by atoms with Gasteiger partial charge in [-0.2, -0.15) is 0 Å². The van der Waals surface area contributed by atoms with Crippen LogP contribution in [0.1, 0.15) is 5.82 Å². The molecule has 0 fully saturated rings. The van der Waals surface area contributed by atoms with Gasteiger partial charge in [-0.05, 0) is 40.2 Å². The minimum Gasteiger partial charge on any atom is -0.484 e. The SMILES string of the molecule is O=c1[nH]c(COc2cc(F)ccc2Br)nc2ccccc12. The van der Waals surface area contributed by atoms with Gasteiger partial charge in [0.05, 0.1) is 15.4 Å². The maximum atomic E-state index is 13.2. The summed E-state index contributed by atoms with van der Waals surface area (Å²) in [7, 11) is 0. The normalized spacial score (nSPS) is 10.8. The fourth-order valence-electron chi connectivity index (χ4n) is 1.94. The Morgan fingerprint density at radius 2 is 2.05 bits per heavy atom. The molecule has 0 radical (unpaired) electrons. The number of benzene rings is 2. The topological polar surface area (TPSA) is 55.0 Å². The van der Waals surface area contributed by atoms with E-state index < -0.39 is 5.82 Å². The largest absolute Gasteiger partial charge is 0.484 e. The smallest absolute Gasteiger partial charge is 0.258 e. The van der Waals surface area contributed by atoms with E-state index in [-0.39, 0.29) is 12.2 Å². The van der Waals surface area contributed by atoms with Crippen LogP contribution in [0.15, 0.2) is 51.7 Å². The number of fused-ring (bicyclic) bond motifs is 1. The van der Waals surface area contributed by atoms with Gasteiger partial charge >= 0.3 is 0 Å². The second-order valence-electron chi connectivity index (χ2n) is 4.39. The Morgan fingerprint density at radius 1 is 1.24 bits per heavy atom. The van der Waals surface area contributed by atoms with E-state index in [9.17, 15) is 9.18 Å². The molecule has 0 aliphatic carbocycles. The lowest BCUT2D eigenvalue weighted by atomic mass is 10.2. The molecule has 0 aliphatic rings. The molecule has 0 aliphatic heterocycles. The van der Waals surface area contributed by atoms with Crippen molar-refractivity contribution in [2.45, 2.75) is 6.61 Å². The van der Waals surface area contributed by atoms with Crippen molar-refractivity contribution in [3.63, 3.8) is 0 Å². The maximum absolute atomic E-state index is 13.2. The first-order valence-electron chi connectivity index (χ1n) is 6.19. The zero-order valence-electron chi connectivity index (χ0n) is 10.8. The monoisotopic (exact) mass is 348 g/mol. The average molecular weight is 349 g/mol. The summed E-state index contributed by atoms with van der Waals surface area (Å²) in [5, 5.41) is 0.521. The molecular weight excluding hydrogens is 339 g/mol. The highest BCUT2D eigenvalue weighted by atomic mass is 79.9. The molecule has 0 amide bonds. The van der Waals surface area contributed by atoms with E-state index in [1.807, 2.05) is 6.07 Å². The molecule has 106 valence electrons. The number of H-pyrrole nitrogens is 1. The first-order valence-corrected chi connectivity index (χ1v) is 6.98. The molecule has 4 nitrogen and oxygen atoms in total. The summed E-state index contributed by atoms with van der Waals surface area (Å²) in [6.45, 7) is 0.0438. The number of nitrogens with zero attached hydrogens (tertiary/aromatic N) is 1. The molecule has 0 spiro atoms. The van der Waals surface area contributed by atoms with Crippen LogP contribution in [0.5, 0.6) is 5.75 Å². The minimum atomic E-state index is -0.395. The van der Waals surface area contributed by atoms with E-state index in [2.05, 4.69) is 25.9 Å². The van der Waals surface area contributed by atoms with E-state index in [1.165, 1.54) is 12.1 Å². The van der Waals surface area contributed by atoms with Crippen molar-refractivity contribution >= 4 is 26.8 Å². The molecule has 6 heteroatoms. The van der Waals surface area contributed by atoms with Gasteiger partial charge in [-0.1, -0.05) is 12.1 Å². The Kier molecular flexibility index (Phi) is 3.70. The van der Waals surface area contributed by atoms with Gasteiger partial charge in [-0.15, -0.1) is 0 Å². The predicted octanol–water partition coefficient (Wildman–Crippen LogP) is 3.40. The van der Waals surface area contributed by atoms with Gasteiger partial charge in [0.1, 0.15) is 24.0 Å². The molecule has 21 heavy (non-hydrogen) atoms. The first kappa shape index (κ1) is 13.8. The summed E-state index contributed by atoms with van der Waals surface area (Å²) in [5.41, 5.74) is 0.371. The highest BCUT2D eigenvalue weighted by molar-refractivity contribution is 9.10. The second-order valence-corrected chi connectivity index (χ2v) is 5.25. The van der Waals surface area contributed by atoms with Crippen LogP contribution in [0.25, 0.3) is 10.9 Å². The Bertz CT molecular complexity index is 864. The Labute approximate surface area is 127 Å². The molecule has 1 aromatic heterocycles. The van der Waals surface area contributed by atoms with Crippen molar-refractivity contribution in [1.29, 1.82) is 0 Å². The molecule has 1 heterocycles.